The maximum atomic E-state index is 12.5. The van der Waals surface area contributed by atoms with E-state index < -0.39 is 48.5 Å². The van der Waals surface area contributed by atoms with E-state index in [-0.39, 0.29) is 0 Å². The van der Waals surface area contributed by atoms with Gasteiger partial charge in [0.15, 0.2) is 6.61 Å². The van der Waals surface area contributed by atoms with Crippen LogP contribution < -0.4 is 16.0 Å². The fraction of sp³-hybridized carbons (Fsp3) is 0.450. The lowest BCUT2D eigenvalue weighted by Crippen LogP contribution is -2.44. The van der Waals surface area contributed by atoms with Gasteiger partial charge < -0.3 is 15.4 Å². The standard InChI is InChI=1S/C20H24N4O6/c1-12-5-6-14(13(2)9-12)21-18(28)22-15(25)11-30-16(26)10-24-17(27)20(23-19(24)29)7-3-4-8-20/h5-6,9H,3-4,7-8,10-11H2,1-2H3,(H,23,29)(H2,21,22,25,28). The Morgan fingerprint density at radius 2 is 1.87 bits per heavy atom. The first-order chi connectivity index (χ1) is 14.2. The molecule has 0 unspecified atom stereocenters. The lowest BCUT2D eigenvalue weighted by atomic mass is 9.98. The van der Waals surface area contributed by atoms with Gasteiger partial charge >= 0.3 is 18.0 Å². The number of carbonyl (C=O) groups is 5. The van der Waals surface area contributed by atoms with Gasteiger partial charge in [-0.3, -0.25) is 24.6 Å². The van der Waals surface area contributed by atoms with Crippen molar-refractivity contribution >= 4 is 35.5 Å². The minimum atomic E-state index is -0.918. The normalized spacial score (nSPS) is 17.1. The topological polar surface area (TPSA) is 134 Å². The molecule has 0 bridgehead atoms. The number of nitrogens with one attached hydrogen (secondary N) is 3. The van der Waals surface area contributed by atoms with Crippen LogP contribution in [0.3, 0.4) is 0 Å². The van der Waals surface area contributed by atoms with Crippen LogP contribution in [0, 0.1) is 13.8 Å². The zero-order valence-corrected chi connectivity index (χ0v) is 16.9. The van der Waals surface area contributed by atoms with Crippen LogP contribution in [-0.2, 0) is 19.1 Å². The van der Waals surface area contributed by atoms with Gasteiger partial charge in [0.2, 0.25) is 0 Å². The zero-order valence-electron chi connectivity index (χ0n) is 16.9. The SMILES string of the molecule is Cc1ccc(NC(=O)NC(=O)COC(=O)CN2C(=O)NC3(CCCC3)C2=O)c(C)c1. The summed E-state index contributed by atoms with van der Waals surface area (Å²) in [5, 5.41) is 7.24. The van der Waals surface area contributed by atoms with Crippen molar-refractivity contribution in [3.8, 4) is 0 Å². The summed E-state index contributed by atoms with van der Waals surface area (Å²) in [6.07, 6.45) is 2.74. The van der Waals surface area contributed by atoms with E-state index in [1.165, 1.54) is 0 Å². The van der Waals surface area contributed by atoms with E-state index in [0.29, 0.717) is 18.5 Å². The first-order valence-electron chi connectivity index (χ1n) is 9.68. The Bertz CT molecular complexity index is 907. The van der Waals surface area contributed by atoms with Gasteiger partial charge in [0.1, 0.15) is 12.1 Å². The molecule has 1 saturated carbocycles. The number of amides is 6. The van der Waals surface area contributed by atoms with Gasteiger partial charge in [-0.1, -0.05) is 30.5 Å². The minimum absolute atomic E-state index is 0.445. The highest BCUT2D eigenvalue weighted by Crippen LogP contribution is 2.34. The Morgan fingerprint density at radius 1 is 1.17 bits per heavy atom. The molecule has 10 heteroatoms. The van der Waals surface area contributed by atoms with E-state index in [0.717, 1.165) is 28.9 Å². The summed E-state index contributed by atoms with van der Waals surface area (Å²) in [7, 11) is 0. The minimum Gasteiger partial charge on any atom is -0.454 e. The van der Waals surface area contributed by atoms with Crippen molar-refractivity contribution in [3.63, 3.8) is 0 Å². The maximum Gasteiger partial charge on any atom is 0.326 e. The molecule has 0 radical (unpaired) electrons. The molecule has 0 aromatic heterocycles. The van der Waals surface area contributed by atoms with E-state index in [9.17, 15) is 24.0 Å². The number of ether oxygens (including phenoxy) is 1. The number of nitrogens with zero attached hydrogens (tertiary/aromatic N) is 1. The molecule has 1 saturated heterocycles. The van der Waals surface area contributed by atoms with Crippen molar-refractivity contribution in [1.82, 2.24) is 15.5 Å². The van der Waals surface area contributed by atoms with Gasteiger partial charge in [0, 0.05) is 5.69 Å². The molecule has 0 atom stereocenters. The molecular weight excluding hydrogens is 392 g/mol. The first kappa shape index (κ1) is 21.3. The van der Waals surface area contributed by atoms with Gasteiger partial charge in [0.05, 0.1) is 0 Å². The molecule has 1 heterocycles. The molecule has 2 fully saturated rings. The number of imide groups is 2. The van der Waals surface area contributed by atoms with E-state index in [2.05, 4.69) is 16.0 Å². The number of benzene rings is 1. The van der Waals surface area contributed by atoms with Gasteiger partial charge in [-0.2, -0.15) is 0 Å². The second-order valence-corrected chi connectivity index (χ2v) is 7.59. The van der Waals surface area contributed by atoms with Crippen LogP contribution in [-0.4, -0.2) is 53.4 Å². The largest absolute Gasteiger partial charge is 0.454 e. The molecule has 3 N–H and O–H groups in total. The summed E-state index contributed by atoms with van der Waals surface area (Å²) in [6, 6.07) is 4.00. The van der Waals surface area contributed by atoms with Crippen molar-refractivity contribution in [2.45, 2.75) is 45.1 Å². The lowest BCUT2D eigenvalue weighted by Gasteiger charge is -2.19. The molecule has 3 rings (SSSR count). The summed E-state index contributed by atoms with van der Waals surface area (Å²) in [5.41, 5.74) is 1.49. The number of carbonyl (C=O) groups excluding carboxylic acids is 5. The summed E-state index contributed by atoms with van der Waals surface area (Å²) in [4.78, 5) is 61.1. The summed E-state index contributed by atoms with van der Waals surface area (Å²) < 4.78 is 4.80. The van der Waals surface area contributed by atoms with E-state index in [1.54, 1.807) is 6.07 Å². The Morgan fingerprint density at radius 3 is 2.53 bits per heavy atom. The van der Waals surface area contributed by atoms with Crippen LogP contribution in [0.2, 0.25) is 0 Å². The fourth-order valence-electron chi connectivity index (χ4n) is 3.73. The average molecular weight is 416 g/mol. The molecule has 1 aliphatic heterocycles. The quantitative estimate of drug-likeness (QED) is 0.490. The van der Waals surface area contributed by atoms with Gasteiger partial charge in [-0.25, -0.2) is 9.59 Å². The Labute approximate surface area is 173 Å². The van der Waals surface area contributed by atoms with Crippen LogP contribution in [0.15, 0.2) is 18.2 Å². The predicted molar refractivity (Wildman–Crippen MR) is 105 cm³/mol. The van der Waals surface area contributed by atoms with Gasteiger partial charge in [0.25, 0.3) is 11.8 Å². The van der Waals surface area contributed by atoms with Crippen molar-refractivity contribution < 1.29 is 28.7 Å². The molecule has 1 aromatic rings. The smallest absolute Gasteiger partial charge is 0.326 e. The first-order valence-corrected chi connectivity index (χ1v) is 9.68. The lowest BCUT2D eigenvalue weighted by molar-refractivity contribution is -0.150. The number of hydrogen-bond acceptors (Lipinski definition) is 6. The molecule has 2 aliphatic rings. The molecule has 10 nitrogen and oxygen atoms in total. The van der Waals surface area contributed by atoms with Crippen LogP contribution in [0.25, 0.3) is 0 Å². The van der Waals surface area contributed by atoms with E-state index >= 15 is 0 Å². The monoisotopic (exact) mass is 416 g/mol. The molecule has 1 spiro atoms. The van der Waals surface area contributed by atoms with Crippen LogP contribution in [0.5, 0.6) is 0 Å². The zero-order chi connectivity index (χ0) is 21.9. The number of hydrogen-bond donors (Lipinski definition) is 3. The van der Waals surface area contributed by atoms with Crippen molar-refractivity contribution in [2.75, 3.05) is 18.5 Å². The maximum absolute atomic E-state index is 12.5. The van der Waals surface area contributed by atoms with Crippen LogP contribution >= 0.6 is 0 Å². The highest BCUT2D eigenvalue weighted by Gasteiger charge is 2.52. The van der Waals surface area contributed by atoms with Crippen molar-refractivity contribution in [2.24, 2.45) is 0 Å². The van der Waals surface area contributed by atoms with E-state index in [4.69, 9.17) is 4.74 Å². The molecule has 6 amide bonds. The summed E-state index contributed by atoms with van der Waals surface area (Å²) >= 11 is 0. The fourth-order valence-corrected chi connectivity index (χ4v) is 3.73. The second-order valence-electron chi connectivity index (χ2n) is 7.59. The highest BCUT2D eigenvalue weighted by atomic mass is 16.5. The molecular formula is C20H24N4O6. The Balaban J connectivity index is 1.44. The average Bonchev–Trinajstić information content (AvgIpc) is 3.23. The number of anilines is 1. The third-order valence-electron chi connectivity index (χ3n) is 5.24. The van der Waals surface area contributed by atoms with Gasteiger partial charge in [-0.05, 0) is 38.3 Å². The summed E-state index contributed by atoms with van der Waals surface area (Å²) in [5.74, 6) is -2.20. The summed E-state index contributed by atoms with van der Waals surface area (Å²) in [6.45, 7) is 2.43. The Kier molecular flexibility index (Phi) is 6.04. The van der Waals surface area contributed by atoms with Crippen molar-refractivity contribution in [3.05, 3.63) is 29.3 Å². The molecule has 1 aliphatic carbocycles. The van der Waals surface area contributed by atoms with Crippen molar-refractivity contribution in [1.29, 1.82) is 0 Å². The number of aryl methyl sites for hydroxylation is 2. The number of rotatable bonds is 5. The van der Waals surface area contributed by atoms with E-state index in [1.807, 2.05) is 26.0 Å². The van der Waals surface area contributed by atoms with Crippen LogP contribution in [0.4, 0.5) is 15.3 Å². The highest BCUT2D eigenvalue weighted by molar-refractivity contribution is 6.09. The predicted octanol–water partition coefficient (Wildman–Crippen LogP) is 1.36. The second kappa shape index (κ2) is 8.52. The molecule has 30 heavy (non-hydrogen) atoms. The van der Waals surface area contributed by atoms with Crippen LogP contribution in [0.1, 0.15) is 36.8 Å². The molecule has 160 valence electrons. The number of esters is 1. The number of urea groups is 2. The van der Waals surface area contributed by atoms with Gasteiger partial charge in [-0.15, -0.1) is 0 Å². The molecule has 1 aromatic carbocycles. The third kappa shape index (κ3) is 4.58. The third-order valence-corrected chi connectivity index (χ3v) is 5.24. The Hall–Kier alpha value is -3.43.